The van der Waals surface area contributed by atoms with Gasteiger partial charge in [0.15, 0.2) is 0 Å². The fourth-order valence-corrected chi connectivity index (χ4v) is 2.21. The van der Waals surface area contributed by atoms with E-state index in [9.17, 15) is 14.5 Å². The van der Waals surface area contributed by atoms with E-state index in [1.54, 1.807) is 6.07 Å². The molecule has 0 saturated carbocycles. The number of β-amino-alcohol motifs (C(OH)–C–C–N with tert-alkyl or cyclic N) is 1. The molecule has 0 amide bonds. The molecule has 0 atom stereocenters. The van der Waals surface area contributed by atoms with Crippen molar-refractivity contribution in [2.75, 3.05) is 44.2 Å². The number of nitrogens with zero attached hydrogens (tertiary/aromatic N) is 3. The van der Waals surface area contributed by atoms with Gasteiger partial charge in [-0.05, 0) is 6.07 Å². The van der Waals surface area contributed by atoms with Gasteiger partial charge in [-0.3, -0.25) is 15.0 Å². The number of benzene rings is 1. The Morgan fingerprint density at radius 2 is 2.00 bits per heavy atom. The third-order valence-corrected chi connectivity index (χ3v) is 3.28. The summed E-state index contributed by atoms with van der Waals surface area (Å²) in [5.74, 6) is -0.805. The van der Waals surface area contributed by atoms with Gasteiger partial charge in [-0.25, -0.2) is 0 Å². The molecule has 19 heavy (non-hydrogen) atoms. The highest BCUT2D eigenvalue weighted by atomic mass is 19.1. The van der Waals surface area contributed by atoms with Crippen LogP contribution in [0.2, 0.25) is 0 Å². The average Bonchev–Trinajstić information content (AvgIpc) is 2.39. The van der Waals surface area contributed by atoms with E-state index in [2.05, 4.69) is 4.90 Å². The topological polar surface area (TPSA) is 69.9 Å². The highest BCUT2D eigenvalue weighted by Gasteiger charge is 2.20. The number of aliphatic hydroxyl groups excluding tert-OH is 1. The van der Waals surface area contributed by atoms with Crippen LogP contribution in [0.3, 0.4) is 0 Å². The summed E-state index contributed by atoms with van der Waals surface area (Å²) < 4.78 is 13.5. The third kappa shape index (κ3) is 3.18. The Labute approximate surface area is 110 Å². The zero-order valence-corrected chi connectivity index (χ0v) is 10.5. The Hall–Kier alpha value is -1.73. The molecule has 7 heteroatoms. The molecular formula is C12H16FN3O3. The maximum atomic E-state index is 13.5. The Balaban J connectivity index is 2.04. The van der Waals surface area contributed by atoms with Crippen LogP contribution in [0.5, 0.6) is 0 Å². The molecule has 1 N–H and O–H groups in total. The first kappa shape index (κ1) is 13.7. The lowest BCUT2D eigenvalue weighted by Crippen LogP contribution is -2.47. The normalized spacial score (nSPS) is 16.6. The molecule has 0 spiro atoms. The van der Waals surface area contributed by atoms with Crippen molar-refractivity contribution in [3.63, 3.8) is 0 Å². The minimum absolute atomic E-state index is 0.131. The van der Waals surface area contributed by atoms with E-state index in [0.29, 0.717) is 12.2 Å². The molecule has 0 unspecified atom stereocenters. The summed E-state index contributed by atoms with van der Waals surface area (Å²) in [7, 11) is 0. The van der Waals surface area contributed by atoms with Gasteiger partial charge in [-0.1, -0.05) is 0 Å². The van der Waals surface area contributed by atoms with Gasteiger partial charge in [0.2, 0.25) is 5.82 Å². The van der Waals surface area contributed by atoms with Crippen LogP contribution in [0.25, 0.3) is 0 Å². The number of hydrogen-bond acceptors (Lipinski definition) is 5. The Morgan fingerprint density at radius 3 is 2.53 bits per heavy atom. The van der Waals surface area contributed by atoms with E-state index in [1.165, 1.54) is 12.1 Å². The van der Waals surface area contributed by atoms with E-state index in [0.717, 1.165) is 26.2 Å². The van der Waals surface area contributed by atoms with Crippen LogP contribution < -0.4 is 4.90 Å². The summed E-state index contributed by atoms with van der Waals surface area (Å²) in [6.07, 6.45) is 0. The maximum Gasteiger partial charge on any atom is 0.304 e. The average molecular weight is 269 g/mol. The molecule has 1 aromatic carbocycles. The van der Waals surface area contributed by atoms with Gasteiger partial charge in [0, 0.05) is 50.5 Å². The lowest BCUT2D eigenvalue weighted by molar-refractivity contribution is -0.387. The quantitative estimate of drug-likeness (QED) is 0.648. The van der Waals surface area contributed by atoms with Crippen molar-refractivity contribution in [3.8, 4) is 0 Å². The fourth-order valence-electron chi connectivity index (χ4n) is 2.21. The van der Waals surface area contributed by atoms with Gasteiger partial charge >= 0.3 is 5.69 Å². The number of piperazine rings is 1. The largest absolute Gasteiger partial charge is 0.395 e. The maximum absolute atomic E-state index is 13.5. The summed E-state index contributed by atoms with van der Waals surface area (Å²) in [5.41, 5.74) is 0.161. The van der Waals surface area contributed by atoms with Crippen molar-refractivity contribution in [2.45, 2.75) is 0 Å². The van der Waals surface area contributed by atoms with E-state index in [1.807, 2.05) is 4.90 Å². The molecule has 1 fully saturated rings. The summed E-state index contributed by atoms with van der Waals surface area (Å²) >= 11 is 0. The minimum atomic E-state index is -0.805. The van der Waals surface area contributed by atoms with Gasteiger partial charge in [0.25, 0.3) is 0 Å². The molecule has 1 aromatic rings. The monoisotopic (exact) mass is 269 g/mol. The number of hydrogen-bond donors (Lipinski definition) is 1. The Kier molecular flexibility index (Phi) is 4.28. The van der Waals surface area contributed by atoms with Crippen molar-refractivity contribution < 1.29 is 14.4 Å². The number of aliphatic hydroxyl groups is 1. The lowest BCUT2D eigenvalue weighted by atomic mass is 10.2. The van der Waals surface area contributed by atoms with E-state index in [-0.39, 0.29) is 6.61 Å². The minimum Gasteiger partial charge on any atom is -0.395 e. The van der Waals surface area contributed by atoms with Crippen LogP contribution in [-0.2, 0) is 0 Å². The van der Waals surface area contributed by atoms with Crippen molar-refractivity contribution in [1.29, 1.82) is 0 Å². The van der Waals surface area contributed by atoms with Crippen LogP contribution in [-0.4, -0.2) is 54.3 Å². The zero-order chi connectivity index (χ0) is 13.8. The molecule has 1 aliphatic rings. The second kappa shape index (κ2) is 5.94. The van der Waals surface area contributed by atoms with Gasteiger partial charge in [-0.15, -0.1) is 0 Å². The number of halogens is 1. The number of anilines is 1. The van der Waals surface area contributed by atoms with Crippen LogP contribution in [0.15, 0.2) is 18.2 Å². The molecule has 0 radical (unpaired) electrons. The standard InChI is InChI=1S/C12H16FN3O3/c13-11-9-10(1-2-12(11)16(18)19)15-5-3-14(4-6-15)7-8-17/h1-2,9,17H,3-8H2. The highest BCUT2D eigenvalue weighted by Crippen LogP contribution is 2.24. The molecule has 104 valence electrons. The molecule has 2 rings (SSSR count). The molecule has 1 aliphatic heterocycles. The summed E-state index contributed by atoms with van der Waals surface area (Å²) in [4.78, 5) is 13.9. The van der Waals surface area contributed by atoms with Crippen LogP contribution in [0, 0.1) is 15.9 Å². The second-order valence-electron chi connectivity index (χ2n) is 4.45. The van der Waals surface area contributed by atoms with Gasteiger partial charge < -0.3 is 10.0 Å². The molecule has 1 heterocycles. The highest BCUT2D eigenvalue weighted by molar-refractivity contribution is 5.52. The first-order chi connectivity index (χ1) is 9.11. The first-order valence-corrected chi connectivity index (χ1v) is 6.14. The zero-order valence-electron chi connectivity index (χ0n) is 10.5. The first-order valence-electron chi connectivity index (χ1n) is 6.14. The molecule has 0 aromatic heterocycles. The number of nitro groups is 1. The Bertz CT molecular complexity index is 462. The predicted octanol–water partition coefficient (Wildman–Crippen LogP) is 0.848. The molecule has 1 saturated heterocycles. The lowest BCUT2D eigenvalue weighted by Gasteiger charge is -2.35. The molecule has 0 bridgehead atoms. The van der Waals surface area contributed by atoms with Crippen molar-refractivity contribution in [2.24, 2.45) is 0 Å². The van der Waals surface area contributed by atoms with Gasteiger partial charge in [0.1, 0.15) is 0 Å². The predicted molar refractivity (Wildman–Crippen MR) is 68.8 cm³/mol. The van der Waals surface area contributed by atoms with Gasteiger partial charge in [-0.2, -0.15) is 4.39 Å². The molecule has 6 nitrogen and oxygen atoms in total. The SMILES string of the molecule is O=[N+]([O-])c1ccc(N2CCN(CCO)CC2)cc1F. The third-order valence-electron chi connectivity index (χ3n) is 3.28. The van der Waals surface area contributed by atoms with Gasteiger partial charge in [0.05, 0.1) is 11.5 Å². The van der Waals surface area contributed by atoms with Crippen molar-refractivity contribution in [1.82, 2.24) is 4.90 Å². The van der Waals surface area contributed by atoms with Crippen LogP contribution in [0.4, 0.5) is 15.8 Å². The van der Waals surface area contributed by atoms with Crippen LogP contribution >= 0.6 is 0 Å². The summed E-state index contributed by atoms with van der Waals surface area (Å²) in [6, 6.07) is 3.98. The second-order valence-corrected chi connectivity index (χ2v) is 4.45. The van der Waals surface area contributed by atoms with Crippen molar-refractivity contribution in [3.05, 3.63) is 34.1 Å². The number of nitro benzene ring substituents is 1. The molecule has 0 aliphatic carbocycles. The summed E-state index contributed by atoms with van der Waals surface area (Å²) in [6.45, 7) is 3.79. The van der Waals surface area contributed by atoms with E-state index in [4.69, 9.17) is 5.11 Å². The Morgan fingerprint density at radius 1 is 1.32 bits per heavy atom. The van der Waals surface area contributed by atoms with Crippen molar-refractivity contribution >= 4 is 11.4 Å². The smallest absolute Gasteiger partial charge is 0.304 e. The van der Waals surface area contributed by atoms with E-state index >= 15 is 0 Å². The number of rotatable bonds is 4. The fraction of sp³-hybridized carbons (Fsp3) is 0.500. The summed E-state index contributed by atoms with van der Waals surface area (Å²) in [5, 5.41) is 19.4. The van der Waals surface area contributed by atoms with E-state index < -0.39 is 16.4 Å². The molecular weight excluding hydrogens is 253 g/mol. The van der Waals surface area contributed by atoms with Crippen LogP contribution in [0.1, 0.15) is 0 Å².